The average Bonchev–Trinajstić information content (AvgIpc) is 2.64. The van der Waals surface area contributed by atoms with Crippen LogP contribution in [0.4, 0.5) is 10.5 Å². The molecular weight excluding hydrogens is 318 g/mol. The second-order valence-electron chi connectivity index (χ2n) is 6.04. The lowest BCUT2D eigenvalue weighted by Gasteiger charge is -2.39. The topological polar surface area (TPSA) is 70.6 Å². The number of carbonyl (C=O) groups excluding carboxylic acids is 1. The fourth-order valence-corrected chi connectivity index (χ4v) is 2.84. The normalized spacial score (nSPS) is 18.0. The quantitative estimate of drug-likeness (QED) is 0.926. The van der Waals surface area contributed by atoms with Gasteiger partial charge in [0.05, 0.1) is 18.1 Å². The van der Waals surface area contributed by atoms with Crippen LogP contribution in [-0.2, 0) is 0 Å². The number of hydrogen-bond donors (Lipinski definition) is 1. The molecule has 132 valence electrons. The Bertz CT molecular complexity index is 692. The lowest BCUT2D eigenvalue weighted by molar-refractivity contribution is 0.112. The van der Waals surface area contributed by atoms with Gasteiger partial charge in [-0.1, -0.05) is 25.1 Å². The molecule has 3 rings (SSSR count). The van der Waals surface area contributed by atoms with E-state index in [1.54, 1.807) is 12.4 Å². The largest absolute Gasteiger partial charge is 0.424 e. The minimum Gasteiger partial charge on any atom is -0.424 e. The molecule has 2 amide bonds. The predicted molar refractivity (Wildman–Crippen MR) is 95.8 cm³/mol. The summed E-state index contributed by atoms with van der Waals surface area (Å²) < 4.78 is 5.54. The fraction of sp³-hybridized carbons (Fsp3) is 0.389. The second kappa shape index (κ2) is 7.94. The first-order valence-corrected chi connectivity index (χ1v) is 8.50. The highest BCUT2D eigenvalue weighted by Gasteiger charge is 2.26. The molecule has 1 unspecified atom stereocenters. The number of carbonyl (C=O) groups is 1. The highest BCUT2D eigenvalue weighted by Crippen LogP contribution is 2.18. The fourth-order valence-electron chi connectivity index (χ4n) is 2.84. The third kappa shape index (κ3) is 4.45. The van der Waals surface area contributed by atoms with Crippen LogP contribution in [0, 0.1) is 0 Å². The van der Waals surface area contributed by atoms with Gasteiger partial charge in [0.1, 0.15) is 5.75 Å². The molecule has 0 spiro atoms. The van der Waals surface area contributed by atoms with Gasteiger partial charge in [-0.3, -0.25) is 4.90 Å². The van der Waals surface area contributed by atoms with Crippen LogP contribution in [0.3, 0.4) is 0 Å². The standard InChI is InChI=1S/C18H23N5O2/c1-3-22-9-10-23(14(2)13-22)18(24)21-15-11-19-17(20-12-15)25-16-7-5-4-6-8-16/h4-8,11-12,14H,3,9-10,13H2,1-2H3,(H,21,24). The van der Waals surface area contributed by atoms with E-state index < -0.39 is 0 Å². The summed E-state index contributed by atoms with van der Waals surface area (Å²) in [5.41, 5.74) is 0.551. The summed E-state index contributed by atoms with van der Waals surface area (Å²) in [6.07, 6.45) is 3.10. The van der Waals surface area contributed by atoms with E-state index in [9.17, 15) is 4.79 Å². The molecule has 0 radical (unpaired) electrons. The van der Waals surface area contributed by atoms with E-state index in [4.69, 9.17) is 4.74 Å². The van der Waals surface area contributed by atoms with Crippen LogP contribution in [0.2, 0.25) is 0 Å². The van der Waals surface area contributed by atoms with Gasteiger partial charge in [0.25, 0.3) is 0 Å². The Morgan fingerprint density at radius 3 is 2.60 bits per heavy atom. The summed E-state index contributed by atoms with van der Waals surface area (Å²) in [4.78, 5) is 24.9. The first-order valence-electron chi connectivity index (χ1n) is 8.50. The lowest BCUT2D eigenvalue weighted by Crippen LogP contribution is -2.54. The first kappa shape index (κ1) is 17.2. The van der Waals surface area contributed by atoms with Crippen LogP contribution >= 0.6 is 0 Å². The maximum atomic E-state index is 12.5. The Labute approximate surface area is 147 Å². The number of nitrogens with zero attached hydrogens (tertiary/aromatic N) is 4. The summed E-state index contributed by atoms with van der Waals surface area (Å²) in [5, 5.41) is 2.85. The Morgan fingerprint density at radius 1 is 1.24 bits per heavy atom. The third-order valence-electron chi connectivity index (χ3n) is 4.25. The van der Waals surface area contributed by atoms with Crippen molar-refractivity contribution in [3.63, 3.8) is 0 Å². The molecule has 0 aliphatic carbocycles. The minimum atomic E-state index is -0.122. The van der Waals surface area contributed by atoms with Gasteiger partial charge in [-0.15, -0.1) is 0 Å². The number of urea groups is 1. The number of likely N-dealkylation sites (N-methyl/N-ethyl adjacent to an activating group) is 1. The monoisotopic (exact) mass is 341 g/mol. The van der Waals surface area contributed by atoms with E-state index >= 15 is 0 Å². The molecule has 1 aliphatic rings. The number of rotatable bonds is 4. The van der Waals surface area contributed by atoms with E-state index in [2.05, 4.69) is 34.0 Å². The van der Waals surface area contributed by atoms with Crippen molar-refractivity contribution in [2.75, 3.05) is 31.5 Å². The molecule has 7 nitrogen and oxygen atoms in total. The van der Waals surface area contributed by atoms with E-state index in [1.807, 2.05) is 35.2 Å². The molecule has 1 aromatic carbocycles. The number of amides is 2. The van der Waals surface area contributed by atoms with E-state index in [0.29, 0.717) is 11.4 Å². The molecule has 7 heteroatoms. The van der Waals surface area contributed by atoms with E-state index in [-0.39, 0.29) is 18.1 Å². The Hall–Kier alpha value is -2.67. The van der Waals surface area contributed by atoms with Crippen molar-refractivity contribution in [3.8, 4) is 11.8 Å². The number of para-hydroxylation sites is 1. The maximum absolute atomic E-state index is 12.5. The Morgan fingerprint density at radius 2 is 1.96 bits per heavy atom. The van der Waals surface area contributed by atoms with Crippen LogP contribution in [0.1, 0.15) is 13.8 Å². The number of nitrogens with one attached hydrogen (secondary N) is 1. The molecule has 1 saturated heterocycles. The molecule has 0 saturated carbocycles. The second-order valence-corrected chi connectivity index (χ2v) is 6.04. The van der Waals surface area contributed by atoms with Crippen molar-refractivity contribution in [1.29, 1.82) is 0 Å². The van der Waals surface area contributed by atoms with Crippen molar-refractivity contribution >= 4 is 11.7 Å². The summed E-state index contributed by atoms with van der Waals surface area (Å²) in [6.45, 7) is 7.72. The average molecular weight is 341 g/mol. The number of hydrogen-bond acceptors (Lipinski definition) is 5. The molecular formula is C18H23N5O2. The Kier molecular flexibility index (Phi) is 5.45. The van der Waals surface area contributed by atoms with Crippen LogP contribution in [-0.4, -0.2) is 58.0 Å². The summed E-state index contributed by atoms with van der Waals surface area (Å²) in [5.74, 6) is 0.668. The van der Waals surface area contributed by atoms with E-state index in [0.717, 1.165) is 26.2 Å². The van der Waals surface area contributed by atoms with E-state index in [1.165, 1.54) is 0 Å². The van der Waals surface area contributed by atoms with Crippen LogP contribution < -0.4 is 10.1 Å². The zero-order valence-corrected chi connectivity index (χ0v) is 14.6. The lowest BCUT2D eigenvalue weighted by atomic mass is 10.2. The first-order chi connectivity index (χ1) is 12.2. The number of anilines is 1. The molecule has 0 bridgehead atoms. The zero-order chi connectivity index (χ0) is 17.6. The van der Waals surface area contributed by atoms with Crippen molar-refractivity contribution in [2.24, 2.45) is 0 Å². The van der Waals surface area contributed by atoms with Crippen molar-refractivity contribution in [1.82, 2.24) is 19.8 Å². The molecule has 1 fully saturated rings. The number of piperazine rings is 1. The number of benzene rings is 1. The highest BCUT2D eigenvalue weighted by atomic mass is 16.5. The summed E-state index contributed by atoms with van der Waals surface area (Å²) in [7, 11) is 0. The SMILES string of the molecule is CCN1CCN(C(=O)Nc2cnc(Oc3ccccc3)nc2)C(C)C1. The van der Waals surface area contributed by atoms with Crippen LogP contribution in [0.25, 0.3) is 0 Å². The smallest absolute Gasteiger partial charge is 0.322 e. The van der Waals surface area contributed by atoms with Gasteiger partial charge >= 0.3 is 12.0 Å². The van der Waals surface area contributed by atoms with Gasteiger partial charge in [-0.2, -0.15) is 0 Å². The molecule has 2 heterocycles. The van der Waals surface area contributed by atoms with Gasteiger partial charge in [-0.05, 0) is 25.6 Å². The van der Waals surface area contributed by atoms with Crippen LogP contribution in [0.15, 0.2) is 42.7 Å². The Balaban J connectivity index is 1.57. The summed E-state index contributed by atoms with van der Waals surface area (Å²) in [6, 6.07) is 9.63. The minimum absolute atomic E-state index is 0.122. The molecule has 1 N–H and O–H groups in total. The summed E-state index contributed by atoms with van der Waals surface area (Å²) >= 11 is 0. The van der Waals surface area contributed by atoms with Crippen molar-refractivity contribution in [2.45, 2.75) is 19.9 Å². The molecule has 2 aromatic rings. The highest BCUT2D eigenvalue weighted by molar-refractivity contribution is 5.89. The molecule has 1 aliphatic heterocycles. The molecule has 1 aromatic heterocycles. The molecule has 25 heavy (non-hydrogen) atoms. The van der Waals surface area contributed by atoms with Gasteiger partial charge in [0.2, 0.25) is 0 Å². The van der Waals surface area contributed by atoms with Gasteiger partial charge in [0.15, 0.2) is 0 Å². The van der Waals surface area contributed by atoms with Gasteiger partial charge in [0, 0.05) is 25.7 Å². The maximum Gasteiger partial charge on any atom is 0.322 e. The van der Waals surface area contributed by atoms with Crippen molar-refractivity contribution in [3.05, 3.63) is 42.7 Å². The predicted octanol–water partition coefficient (Wildman–Crippen LogP) is 2.83. The van der Waals surface area contributed by atoms with Crippen molar-refractivity contribution < 1.29 is 9.53 Å². The van der Waals surface area contributed by atoms with Gasteiger partial charge in [-0.25, -0.2) is 14.8 Å². The number of ether oxygens (including phenoxy) is 1. The van der Waals surface area contributed by atoms with Gasteiger partial charge < -0.3 is 15.0 Å². The van der Waals surface area contributed by atoms with Crippen LogP contribution in [0.5, 0.6) is 11.8 Å². The molecule has 1 atom stereocenters. The number of aromatic nitrogens is 2. The zero-order valence-electron chi connectivity index (χ0n) is 14.6. The third-order valence-corrected chi connectivity index (χ3v) is 4.25.